The summed E-state index contributed by atoms with van der Waals surface area (Å²) in [6, 6.07) is 25.9. The molecule has 0 saturated heterocycles. The van der Waals surface area contributed by atoms with Crippen molar-refractivity contribution in [3.8, 4) is 0 Å². The molecular formula is C32H35F2NaO8S. The van der Waals surface area contributed by atoms with Crippen molar-refractivity contribution in [3.05, 3.63) is 108 Å². The predicted octanol–water partition coefficient (Wildman–Crippen LogP) is 2.78. The van der Waals surface area contributed by atoms with Gasteiger partial charge >= 0.3 is 46.8 Å². The Kier molecular flexibility index (Phi) is 12.5. The van der Waals surface area contributed by atoms with Crippen LogP contribution in [-0.2, 0) is 39.5 Å². The Morgan fingerprint density at radius 3 is 1.64 bits per heavy atom. The summed E-state index contributed by atoms with van der Waals surface area (Å²) in [5.74, 6) is -2.95. The van der Waals surface area contributed by atoms with Crippen LogP contribution in [0.1, 0.15) is 57.2 Å². The van der Waals surface area contributed by atoms with Crippen molar-refractivity contribution < 1.29 is 75.1 Å². The van der Waals surface area contributed by atoms with Crippen LogP contribution in [0.15, 0.2) is 91.0 Å². The largest absolute Gasteiger partial charge is 1.00 e. The van der Waals surface area contributed by atoms with Gasteiger partial charge in [0.05, 0.1) is 0 Å². The number of ether oxygens (including phenoxy) is 3. The van der Waals surface area contributed by atoms with Gasteiger partial charge in [0.1, 0.15) is 12.2 Å². The number of carbonyl (C=O) groups is 2. The van der Waals surface area contributed by atoms with Gasteiger partial charge in [0.15, 0.2) is 22.3 Å². The second-order valence-electron chi connectivity index (χ2n) is 11.6. The van der Waals surface area contributed by atoms with Crippen LogP contribution < -0.4 is 29.6 Å². The Morgan fingerprint density at radius 1 is 0.795 bits per heavy atom. The van der Waals surface area contributed by atoms with E-state index in [0.29, 0.717) is 0 Å². The molecule has 0 fully saturated rings. The molecule has 3 aromatic carbocycles. The molecule has 232 valence electrons. The molecule has 0 aromatic heterocycles. The molecule has 0 heterocycles. The minimum Gasteiger partial charge on any atom is -0.743 e. The maximum atomic E-state index is 14.3. The van der Waals surface area contributed by atoms with Crippen molar-refractivity contribution in [2.45, 2.75) is 57.0 Å². The van der Waals surface area contributed by atoms with Gasteiger partial charge < -0.3 is 18.8 Å². The molecule has 0 amide bonds. The van der Waals surface area contributed by atoms with Crippen molar-refractivity contribution in [2.24, 2.45) is 5.41 Å². The summed E-state index contributed by atoms with van der Waals surface area (Å²) in [6.45, 7) is 5.38. The SMILES string of the molecule is CC(C)(C)OC(=O)COC(C(=O)OCC(F)(F)S(=O)(=O)[O-])(c1ccccc1)C(C)(C)C(c1ccccc1)c1ccccc1.[Na+]. The van der Waals surface area contributed by atoms with E-state index in [1.807, 2.05) is 36.4 Å². The molecule has 8 nitrogen and oxygen atoms in total. The van der Waals surface area contributed by atoms with E-state index in [2.05, 4.69) is 0 Å². The molecule has 0 bridgehead atoms. The maximum Gasteiger partial charge on any atom is 1.00 e. The quantitative estimate of drug-likeness (QED) is 0.169. The number of halogens is 2. The molecule has 12 heteroatoms. The van der Waals surface area contributed by atoms with Gasteiger partial charge in [-0.3, -0.25) is 0 Å². The van der Waals surface area contributed by atoms with E-state index in [1.165, 1.54) is 12.1 Å². The first-order valence-electron chi connectivity index (χ1n) is 13.4. The van der Waals surface area contributed by atoms with Crippen LogP contribution in [-0.4, -0.2) is 49.0 Å². The second kappa shape index (κ2) is 14.6. The number of hydrogen-bond donors (Lipinski definition) is 0. The average molecular weight is 641 g/mol. The van der Waals surface area contributed by atoms with Crippen LogP contribution in [0.2, 0.25) is 0 Å². The molecule has 3 aromatic rings. The molecule has 0 radical (unpaired) electrons. The Bertz CT molecular complexity index is 1460. The number of rotatable bonds is 12. The smallest absolute Gasteiger partial charge is 0.743 e. The fourth-order valence-corrected chi connectivity index (χ4v) is 5.34. The van der Waals surface area contributed by atoms with Crippen molar-refractivity contribution in [1.29, 1.82) is 0 Å². The van der Waals surface area contributed by atoms with Gasteiger partial charge in [0, 0.05) is 11.3 Å². The number of esters is 2. The Labute approximate surface area is 279 Å². The van der Waals surface area contributed by atoms with E-state index < -0.39 is 63.1 Å². The third-order valence-electron chi connectivity index (χ3n) is 6.93. The van der Waals surface area contributed by atoms with E-state index in [-0.39, 0.29) is 35.1 Å². The standard InChI is InChI=1S/C32H36F2O8S.Na/c1-29(2,3)42-26(35)21-41-32(25-19-13-8-14-20-25,28(36)40-22-31(33,34)43(37,38)39)30(4,5)27(23-15-9-6-10-16-23)24-17-11-7-12-18-24;/h6-20,27H,21-22H2,1-5H3,(H,37,38,39);/q;+1/p-1. The second-order valence-corrected chi connectivity index (χ2v) is 13.1. The van der Waals surface area contributed by atoms with E-state index >= 15 is 0 Å². The molecule has 44 heavy (non-hydrogen) atoms. The van der Waals surface area contributed by atoms with E-state index in [0.717, 1.165) is 11.1 Å². The number of alkyl halides is 2. The molecule has 0 saturated carbocycles. The molecule has 0 aliphatic carbocycles. The zero-order valence-corrected chi connectivity index (χ0v) is 28.4. The minimum atomic E-state index is -6.17. The third-order valence-corrected chi connectivity index (χ3v) is 7.78. The van der Waals surface area contributed by atoms with Crippen LogP contribution in [0.4, 0.5) is 8.78 Å². The van der Waals surface area contributed by atoms with E-state index in [1.54, 1.807) is 77.1 Å². The predicted molar refractivity (Wildman–Crippen MR) is 154 cm³/mol. The molecule has 1 atom stereocenters. The summed E-state index contributed by atoms with van der Waals surface area (Å²) in [4.78, 5) is 27.1. The van der Waals surface area contributed by atoms with E-state index in [4.69, 9.17) is 14.2 Å². The summed E-state index contributed by atoms with van der Waals surface area (Å²) in [5.41, 5.74) is -3.09. The summed E-state index contributed by atoms with van der Waals surface area (Å²) in [7, 11) is -6.17. The first-order chi connectivity index (χ1) is 19.9. The molecule has 0 aliphatic rings. The van der Waals surface area contributed by atoms with Crippen LogP contribution in [0, 0.1) is 5.41 Å². The van der Waals surface area contributed by atoms with Gasteiger partial charge in [0.2, 0.25) is 0 Å². The first kappa shape index (κ1) is 37.5. The summed E-state index contributed by atoms with van der Waals surface area (Å²) in [6.07, 6.45) is 0. The van der Waals surface area contributed by atoms with E-state index in [9.17, 15) is 31.3 Å². The number of carbonyl (C=O) groups excluding carboxylic acids is 2. The Hall–Kier alpha value is -2.67. The van der Waals surface area contributed by atoms with Crippen molar-refractivity contribution in [3.63, 3.8) is 0 Å². The molecule has 0 aliphatic heterocycles. The first-order valence-corrected chi connectivity index (χ1v) is 14.8. The average Bonchev–Trinajstić information content (AvgIpc) is 2.92. The molecular weight excluding hydrogens is 605 g/mol. The topological polar surface area (TPSA) is 119 Å². The molecule has 3 rings (SSSR count). The molecule has 1 unspecified atom stereocenters. The van der Waals surface area contributed by atoms with Crippen LogP contribution in [0.3, 0.4) is 0 Å². The van der Waals surface area contributed by atoms with Gasteiger partial charge in [-0.2, -0.15) is 8.78 Å². The Morgan fingerprint density at radius 2 is 1.23 bits per heavy atom. The monoisotopic (exact) mass is 640 g/mol. The minimum absolute atomic E-state index is 0. The molecule has 0 N–H and O–H groups in total. The van der Waals surface area contributed by atoms with Gasteiger partial charge in [-0.1, -0.05) is 105 Å². The zero-order valence-electron chi connectivity index (χ0n) is 25.6. The van der Waals surface area contributed by atoms with Gasteiger partial charge in [-0.05, 0) is 37.5 Å². The molecule has 0 spiro atoms. The van der Waals surface area contributed by atoms with Crippen molar-refractivity contribution in [2.75, 3.05) is 13.2 Å². The van der Waals surface area contributed by atoms with Crippen LogP contribution >= 0.6 is 0 Å². The maximum absolute atomic E-state index is 14.3. The van der Waals surface area contributed by atoms with Crippen molar-refractivity contribution >= 4 is 22.1 Å². The fraction of sp³-hybridized carbons (Fsp3) is 0.375. The normalized spacial score (nSPS) is 13.8. The summed E-state index contributed by atoms with van der Waals surface area (Å²) in [5, 5.41) is -4.92. The zero-order chi connectivity index (χ0) is 32.1. The number of benzene rings is 3. The van der Waals surface area contributed by atoms with Gasteiger partial charge in [-0.15, -0.1) is 0 Å². The fourth-order valence-electron chi connectivity index (χ4n) is 5.14. The summed E-state index contributed by atoms with van der Waals surface area (Å²) >= 11 is 0. The van der Waals surface area contributed by atoms with Crippen molar-refractivity contribution in [1.82, 2.24) is 0 Å². The number of hydrogen-bond acceptors (Lipinski definition) is 8. The van der Waals surface area contributed by atoms with Gasteiger partial charge in [-0.25, -0.2) is 18.0 Å². The van der Waals surface area contributed by atoms with Gasteiger partial charge in [0.25, 0.3) is 0 Å². The summed E-state index contributed by atoms with van der Waals surface area (Å²) < 4.78 is 78.8. The van der Waals surface area contributed by atoms with Crippen LogP contribution in [0.5, 0.6) is 0 Å². The van der Waals surface area contributed by atoms with Crippen LogP contribution in [0.25, 0.3) is 0 Å². The third kappa shape index (κ3) is 8.52. The Balaban J connectivity index is 0.00000675.